The Kier molecular flexibility index (Phi) is 5.80. The number of hydrogen-bond acceptors (Lipinski definition) is 3. The average molecular weight is 273 g/mol. The highest BCUT2D eigenvalue weighted by Gasteiger charge is 2.28. The lowest BCUT2D eigenvalue weighted by atomic mass is 9.81. The molecule has 0 aliphatic heterocycles. The number of rotatable bonds is 7. The van der Waals surface area contributed by atoms with Gasteiger partial charge >= 0.3 is 4.87 Å². The molecule has 0 saturated carbocycles. The van der Waals surface area contributed by atoms with E-state index < -0.39 is 0 Å². The summed E-state index contributed by atoms with van der Waals surface area (Å²) in [6, 6.07) is 0. The van der Waals surface area contributed by atoms with Crippen LogP contribution >= 0.6 is 24.0 Å². The second kappa shape index (κ2) is 6.64. The molecular weight excluding hydrogens is 250 g/mol. The SMILES string of the molecule is CCCC(CS)(CCC)Cn1c(C)csc1=O. The minimum Gasteiger partial charge on any atom is -0.303 e. The Hall–Kier alpha value is -0.220. The highest BCUT2D eigenvalue weighted by Crippen LogP contribution is 2.33. The first kappa shape index (κ1) is 14.8. The quantitative estimate of drug-likeness (QED) is 0.751. The van der Waals surface area contributed by atoms with Gasteiger partial charge in [-0.15, -0.1) is 0 Å². The number of thiol groups is 1. The zero-order valence-electron chi connectivity index (χ0n) is 11.0. The molecular formula is C13H23NOS2. The van der Waals surface area contributed by atoms with Gasteiger partial charge in [-0.3, -0.25) is 4.79 Å². The molecule has 98 valence electrons. The third-order valence-electron chi connectivity index (χ3n) is 3.37. The lowest BCUT2D eigenvalue weighted by Crippen LogP contribution is -2.32. The second-order valence-electron chi connectivity index (χ2n) is 4.89. The smallest absolute Gasteiger partial charge is 0.303 e. The molecule has 0 fully saturated rings. The van der Waals surface area contributed by atoms with E-state index in [-0.39, 0.29) is 10.3 Å². The summed E-state index contributed by atoms with van der Waals surface area (Å²) in [6.45, 7) is 7.25. The van der Waals surface area contributed by atoms with Crippen LogP contribution in [0.2, 0.25) is 0 Å². The Bertz CT molecular complexity index is 388. The van der Waals surface area contributed by atoms with Crippen LogP contribution in [0.3, 0.4) is 0 Å². The second-order valence-corrected chi connectivity index (χ2v) is 6.02. The molecule has 0 spiro atoms. The molecule has 1 aromatic rings. The fraction of sp³-hybridized carbons (Fsp3) is 0.769. The van der Waals surface area contributed by atoms with E-state index in [2.05, 4.69) is 26.5 Å². The number of aryl methyl sites for hydroxylation is 1. The number of aromatic nitrogens is 1. The fourth-order valence-electron chi connectivity index (χ4n) is 2.48. The predicted molar refractivity (Wildman–Crippen MR) is 79.4 cm³/mol. The van der Waals surface area contributed by atoms with E-state index in [1.165, 1.54) is 11.3 Å². The van der Waals surface area contributed by atoms with Crippen molar-refractivity contribution in [1.82, 2.24) is 4.57 Å². The predicted octanol–water partition coefficient (Wildman–Crippen LogP) is 3.73. The summed E-state index contributed by atoms with van der Waals surface area (Å²) < 4.78 is 1.92. The molecule has 0 saturated heterocycles. The summed E-state index contributed by atoms with van der Waals surface area (Å²) in [5.74, 6) is 0.858. The molecule has 0 aliphatic carbocycles. The lowest BCUT2D eigenvalue weighted by Gasteiger charge is -2.32. The maximum absolute atomic E-state index is 11.8. The van der Waals surface area contributed by atoms with Gasteiger partial charge in [0.05, 0.1) is 0 Å². The van der Waals surface area contributed by atoms with Crippen molar-refractivity contribution in [1.29, 1.82) is 0 Å². The summed E-state index contributed by atoms with van der Waals surface area (Å²) in [7, 11) is 0. The fourth-order valence-corrected chi connectivity index (χ4v) is 3.63. The van der Waals surface area contributed by atoms with Gasteiger partial charge in [0, 0.05) is 17.6 Å². The normalized spacial score (nSPS) is 12.0. The van der Waals surface area contributed by atoms with Crippen LogP contribution in [0.25, 0.3) is 0 Å². The maximum Gasteiger partial charge on any atom is 0.307 e. The van der Waals surface area contributed by atoms with E-state index in [1.54, 1.807) is 0 Å². The van der Waals surface area contributed by atoms with Gasteiger partial charge in [-0.1, -0.05) is 38.0 Å². The Morgan fingerprint density at radius 2 is 1.94 bits per heavy atom. The minimum absolute atomic E-state index is 0.167. The Morgan fingerprint density at radius 3 is 2.29 bits per heavy atom. The van der Waals surface area contributed by atoms with Crippen LogP contribution in [0, 0.1) is 12.3 Å². The molecule has 0 bridgehead atoms. The van der Waals surface area contributed by atoms with E-state index in [0.717, 1.165) is 43.7 Å². The van der Waals surface area contributed by atoms with Gasteiger partial charge in [-0.2, -0.15) is 12.6 Å². The zero-order chi connectivity index (χ0) is 12.9. The van der Waals surface area contributed by atoms with Gasteiger partial charge in [-0.05, 0) is 30.9 Å². The monoisotopic (exact) mass is 273 g/mol. The Morgan fingerprint density at radius 1 is 1.35 bits per heavy atom. The van der Waals surface area contributed by atoms with E-state index in [4.69, 9.17) is 0 Å². The van der Waals surface area contributed by atoms with Crippen molar-refractivity contribution in [2.45, 2.75) is 53.0 Å². The van der Waals surface area contributed by atoms with E-state index in [1.807, 2.05) is 16.9 Å². The van der Waals surface area contributed by atoms with Crippen LogP contribution in [0.4, 0.5) is 0 Å². The van der Waals surface area contributed by atoms with Crippen molar-refractivity contribution in [3.8, 4) is 0 Å². The largest absolute Gasteiger partial charge is 0.307 e. The maximum atomic E-state index is 11.8. The molecule has 0 radical (unpaired) electrons. The van der Waals surface area contributed by atoms with E-state index in [9.17, 15) is 4.79 Å². The summed E-state index contributed by atoms with van der Waals surface area (Å²) in [4.78, 5) is 12.0. The first-order chi connectivity index (χ1) is 8.08. The van der Waals surface area contributed by atoms with Gasteiger partial charge < -0.3 is 4.57 Å². The van der Waals surface area contributed by atoms with E-state index in [0.29, 0.717) is 0 Å². The zero-order valence-corrected chi connectivity index (χ0v) is 12.7. The van der Waals surface area contributed by atoms with Crippen LogP contribution in [-0.4, -0.2) is 10.3 Å². The van der Waals surface area contributed by atoms with E-state index >= 15 is 0 Å². The third kappa shape index (κ3) is 3.62. The molecule has 17 heavy (non-hydrogen) atoms. The molecule has 0 atom stereocenters. The van der Waals surface area contributed by atoms with Crippen molar-refractivity contribution in [3.63, 3.8) is 0 Å². The first-order valence-corrected chi connectivity index (χ1v) is 7.85. The summed E-state index contributed by atoms with van der Waals surface area (Å²) >= 11 is 5.84. The van der Waals surface area contributed by atoms with Crippen molar-refractivity contribution < 1.29 is 0 Å². The van der Waals surface area contributed by atoms with Crippen molar-refractivity contribution in [2.24, 2.45) is 5.41 Å². The highest BCUT2D eigenvalue weighted by molar-refractivity contribution is 7.80. The van der Waals surface area contributed by atoms with Crippen molar-refractivity contribution >= 4 is 24.0 Å². The number of thiazole rings is 1. The first-order valence-electron chi connectivity index (χ1n) is 6.34. The van der Waals surface area contributed by atoms with Crippen molar-refractivity contribution in [3.05, 3.63) is 20.7 Å². The van der Waals surface area contributed by atoms with Crippen LogP contribution in [-0.2, 0) is 6.54 Å². The summed E-state index contributed by atoms with van der Waals surface area (Å²) in [5.41, 5.74) is 1.26. The lowest BCUT2D eigenvalue weighted by molar-refractivity contribution is 0.228. The van der Waals surface area contributed by atoms with Crippen LogP contribution < -0.4 is 4.87 Å². The molecule has 0 aliphatic rings. The van der Waals surface area contributed by atoms with Gasteiger partial charge in [-0.25, -0.2) is 0 Å². The highest BCUT2D eigenvalue weighted by atomic mass is 32.1. The van der Waals surface area contributed by atoms with Gasteiger partial charge in [0.25, 0.3) is 0 Å². The molecule has 1 aromatic heterocycles. The van der Waals surface area contributed by atoms with Crippen LogP contribution in [0.15, 0.2) is 10.2 Å². The topological polar surface area (TPSA) is 22.0 Å². The molecule has 4 heteroatoms. The molecule has 1 heterocycles. The van der Waals surface area contributed by atoms with Gasteiger partial charge in [0.15, 0.2) is 0 Å². The number of nitrogens with zero attached hydrogens (tertiary/aromatic N) is 1. The van der Waals surface area contributed by atoms with Gasteiger partial charge in [0.2, 0.25) is 0 Å². The molecule has 2 nitrogen and oxygen atoms in total. The molecule has 1 rings (SSSR count). The standard InChI is InChI=1S/C13H23NOS2/c1-4-6-13(10-16,7-5-2)9-14-11(3)8-17-12(14)15/h8,16H,4-7,9-10H2,1-3H3. The molecule has 0 amide bonds. The Balaban J connectivity index is 2.96. The molecule has 0 unspecified atom stereocenters. The average Bonchev–Trinajstić information content (AvgIpc) is 2.61. The summed E-state index contributed by atoms with van der Waals surface area (Å²) in [5, 5.41) is 1.95. The Labute approximate surface area is 113 Å². The van der Waals surface area contributed by atoms with Crippen molar-refractivity contribution in [2.75, 3.05) is 5.75 Å². The third-order valence-corrected chi connectivity index (χ3v) is 4.92. The molecule has 0 N–H and O–H groups in total. The molecule has 0 aromatic carbocycles. The van der Waals surface area contributed by atoms with Gasteiger partial charge in [0.1, 0.15) is 0 Å². The van der Waals surface area contributed by atoms with Crippen LogP contribution in [0.5, 0.6) is 0 Å². The minimum atomic E-state index is 0.167. The number of hydrogen-bond donors (Lipinski definition) is 1. The summed E-state index contributed by atoms with van der Waals surface area (Å²) in [6.07, 6.45) is 4.59. The van der Waals surface area contributed by atoms with Crippen LogP contribution in [0.1, 0.15) is 45.2 Å².